The van der Waals surface area contributed by atoms with Crippen molar-refractivity contribution in [2.24, 2.45) is 0 Å². The standard InChI is InChI=1S/C14H10Cl2O2/c15-13(17)11-5-1-9(2-6-11)10-3-7-12(8-4-10)14(16)18/h1-3,5-7H,4,8H2. The first-order chi connectivity index (χ1) is 8.58. The summed E-state index contributed by atoms with van der Waals surface area (Å²) in [5.74, 6) is 0. The molecule has 92 valence electrons. The third kappa shape index (κ3) is 2.89. The zero-order chi connectivity index (χ0) is 13.1. The molecule has 1 aromatic carbocycles. The Bertz CT molecular complexity index is 554. The molecular formula is C14H10Cl2O2. The van der Waals surface area contributed by atoms with Gasteiger partial charge in [-0.05, 0) is 59.3 Å². The lowest BCUT2D eigenvalue weighted by Crippen LogP contribution is -1.99. The van der Waals surface area contributed by atoms with E-state index >= 15 is 0 Å². The van der Waals surface area contributed by atoms with Gasteiger partial charge in [0.25, 0.3) is 5.24 Å². The molecule has 0 amide bonds. The van der Waals surface area contributed by atoms with Gasteiger partial charge >= 0.3 is 0 Å². The number of benzene rings is 1. The highest BCUT2D eigenvalue weighted by molar-refractivity contribution is 6.68. The molecule has 0 unspecified atom stereocenters. The average Bonchev–Trinajstić information content (AvgIpc) is 2.39. The highest BCUT2D eigenvalue weighted by Gasteiger charge is 2.12. The minimum Gasteiger partial charge on any atom is -0.276 e. The molecule has 2 rings (SSSR count). The maximum absolute atomic E-state index is 11.0. The first kappa shape index (κ1) is 13.1. The second-order valence-corrected chi connectivity index (χ2v) is 4.70. The van der Waals surface area contributed by atoms with Gasteiger partial charge in [0.2, 0.25) is 5.24 Å². The maximum Gasteiger partial charge on any atom is 0.252 e. The summed E-state index contributed by atoms with van der Waals surface area (Å²) in [6, 6.07) is 7.08. The molecule has 0 saturated carbocycles. The van der Waals surface area contributed by atoms with E-state index in [0.717, 1.165) is 17.6 Å². The summed E-state index contributed by atoms with van der Waals surface area (Å²) in [5.41, 5.74) is 3.25. The fourth-order valence-electron chi connectivity index (χ4n) is 1.86. The van der Waals surface area contributed by atoms with Crippen molar-refractivity contribution >= 4 is 39.3 Å². The van der Waals surface area contributed by atoms with Gasteiger partial charge in [-0.25, -0.2) is 0 Å². The summed E-state index contributed by atoms with van der Waals surface area (Å²) >= 11 is 10.8. The Balaban J connectivity index is 2.23. The number of carbonyl (C=O) groups excluding carboxylic acids is 2. The maximum atomic E-state index is 11.0. The van der Waals surface area contributed by atoms with Crippen molar-refractivity contribution < 1.29 is 9.59 Å². The number of hydrogen-bond donors (Lipinski definition) is 0. The van der Waals surface area contributed by atoms with E-state index in [4.69, 9.17) is 23.2 Å². The van der Waals surface area contributed by atoms with Crippen molar-refractivity contribution in [1.82, 2.24) is 0 Å². The van der Waals surface area contributed by atoms with Crippen molar-refractivity contribution in [2.45, 2.75) is 12.8 Å². The molecule has 1 aliphatic carbocycles. The summed E-state index contributed by atoms with van der Waals surface area (Å²) in [6.45, 7) is 0. The molecule has 0 radical (unpaired) electrons. The molecule has 0 spiro atoms. The van der Waals surface area contributed by atoms with Crippen LogP contribution in [-0.2, 0) is 4.79 Å². The normalized spacial score (nSPS) is 14.8. The molecule has 18 heavy (non-hydrogen) atoms. The Labute approximate surface area is 115 Å². The number of rotatable bonds is 3. The molecular weight excluding hydrogens is 271 g/mol. The molecule has 0 aliphatic heterocycles. The van der Waals surface area contributed by atoms with Crippen molar-refractivity contribution in [3.63, 3.8) is 0 Å². The van der Waals surface area contributed by atoms with Crippen LogP contribution in [0, 0.1) is 0 Å². The number of halogens is 2. The Morgan fingerprint density at radius 3 is 2.00 bits per heavy atom. The van der Waals surface area contributed by atoms with Crippen molar-refractivity contribution in [1.29, 1.82) is 0 Å². The largest absolute Gasteiger partial charge is 0.276 e. The van der Waals surface area contributed by atoms with Gasteiger partial charge in [-0.3, -0.25) is 9.59 Å². The zero-order valence-corrected chi connectivity index (χ0v) is 11.0. The zero-order valence-electron chi connectivity index (χ0n) is 9.45. The molecule has 4 heteroatoms. The van der Waals surface area contributed by atoms with Crippen LogP contribution in [0.25, 0.3) is 5.57 Å². The van der Waals surface area contributed by atoms with Crippen LogP contribution in [0.3, 0.4) is 0 Å². The molecule has 1 aromatic rings. The molecule has 0 saturated heterocycles. The number of hydrogen-bond acceptors (Lipinski definition) is 2. The monoisotopic (exact) mass is 280 g/mol. The molecule has 2 nitrogen and oxygen atoms in total. The molecule has 0 fully saturated rings. The summed E-state index contributed by atoms with van der Waals surface area (Å²) < 4.78 is 0. The summed E-state index contributed by atoms with van der Waals surface area (Å²) in [4.78, 5) is 21.9. The second-order valence-electron chi connectivity index (χ2n) is 4.01. The summed E-state index contributed by atoms with van der Waals surface area (Å²) in [5, 5.41) is -0.859. The summed E-state index contributed by atoms with van der Waals surface area (Å²) in [6.07, 6.45) is 5.04. The molecule has 0 bridgehead atoms. The van der Waals surface area contributed by atoms with Gasteiger partial charge in [-0.1, -0.05) is 24.3 Å². The van der Waals surface area contributed by atoms with Gasteiger partial charge in [0.1, 0.15) is 0 Å². The lowest BCUT2D eigenvalue weighted by atomic mass is 9.93. The SMILES string of the molecule is O=C(Cl)C1=CC=C(c2ccc(C(=O)Cl)cc2)CC1. The fourth-order valence-corrected chi connectivity index (χ4v) is 2.14. The van der Waals surface area contributed by atoms with Gasteiger partial charge in [-0.2, -0.15) is 0 Å². The van der Waals surface area contributed by atoms with Crippen LogP contribution in [-0.4, -0.2) is 10.5 Å². The van der Waals surface area contributed by atoms with Crippen LogP contribution in [0.15, 0.2) is 42.0 Å². The van der Waals surface area contributed by atoms with Crippen LogP contribution < -0.4 is 0 Å². The quantitative estimate of drug-likeness (QED) is 0.786. The lowest BCUT2D eigenvalue weighted by Gasteiger charge is -2.12. The van der Waals surface area contributed by atoms with E-state index in [1.165, 1.54) is 0 Å². The Morgan fingerprint density at radius 2 is 1.56 bits per heavy atom. The van der Waals surface area contributed by atoms with Crippen LogP contribution in [0.1, 0.15) is 28.8 Å². The Morgan fingerprint density at radius 1 is 0.889 bits per heavy atom. The van der Waals surface area contributed by atoms with E-state index < -0.39 is 10.5 Å². The van der Waals surface area contributed by atoms with E-state index in [9.17, 15) is 9.59 Å². The number of allylic oxidation sites excluding steroid dienone is 4. The molecule has 0 N–H and O–H groups in total. The highest BCUT2D eigenvalue weighted by Crippen LogP contribution is 2.27. The molecule has 1 aliphatic rings. The molecule has 0 atom stereocenters. The van der Waals surface area contributed by atoms with Gasteiger partial charge in [0.05, 0.1) is 0 Å². The minimum absolute atomic E-state index is 0.395. The van der Waals surface area contributed by atoms with E-state index in [-0.39, 0.29) is 0 Å². The van der Waals surface area contributed by atoms with Crippen molar-refractivity contribution in [3.05, 3.63) is 53.1 Å². The average molecular weight is 281 g/mol. The first-order valence-electron chi connectivity index (χ1n) is 5.48. The minimum atomic E-state index is -0.464. The van der Waals surface area contributed by atoms with E-state index in [1.54, 1.807) is 18.2 Å². The number of carbonyl (C=O) groups is 2. The van der Waals surface area contributed by atoms with Gasteiger partial charge in [0, 0.05) is 11.1 Å². The van der Waals surface area contributed by atoms with Crippen LogP contribution >= 0.6 is 23.2 Å². The lowest BCUT2D eigenvalue weighted by molar-refractivity contribution is -0.108. The smallest absolute Gasteiger partial charge is 0.252 e. The highest BCUT2D eigenvalue weighted by atomic mass is 35.5. The summed E-state index contributed by atoms with van der Waals surface area (Å²) in [7, 11) is 0. The van der Waals surface area contributed by atoms with Gasteiger partial charge < -0.3 is 0 Å². The Kier molecular flexibility index (Phi) is 4.00. The van der Waals surface area contributed by atoms with Crippen molar-refractivity contribution in [2.75, 3.05) is 0 Å². The Hall–Kier alpha value is -1.38. The van der Waals surface area contributed by atoms with Crippen molar-refractivity contribution in [3.8, 4) is 0 Å². The van der Waals surface area contributed by atoms with E-state index in [2.05, 4.69) is 0 Å². The van der Waals surface area contributed by atoms with E-state index in [1.807, 2.05) is 18.2 Å². The van der Waals surface area contributed by atoms with Gasteiger partial charge in [-0.15, -0.1) is 0 Å². The molecule has 0 aromatic heterocycles. The van der Waals surface area contributed by atoms with Crippen LogP contribution in [0.2, 0.25) is 0 Å². The van der Waals surface area contributed by atoms with Crippen LogP contribution in [0.4, 0.5) is 0 Å². The predicted molar refractivity (Wildman–Crippen MR) is 72.8 cm³/mol. The fraction of sp³-hybridized carbons (Fsp3) is 0.143. The topological polar surface area (TPSA) is 34.1 Å². The third-order valence-corrected chi connectivity index (χ3v) is 3.35. The van der Waals surface area contributed by atoms with E-state index in [0.29, 0.717) is 17.6 Å². The van der Waals surface area contributed by atoms with Gasteiger partial charge in [0.15, 0.2) is 0 Å². The third-order valence-electron chi connectivity index (χ3n) is 2.88. The molecule has 0 heterocycles. The first-order valence-corrected chi connectivity index (χ1v) is 6.23. The predicted octanol–water partition coefficient (Wildman–Crippen LogP) is 3.93. The van der Waals surface area contributed by atoms with Crippen LogP contribution in [0.5, 0.6) is 0 Å². The second kappa shape index (κ2) is 5.51.